The number of hydrogen-bond acceptors (Lipinski definition) is 5. The Bertz CT molecular complexity index is 966. The molecule has 9 heteroatoms. The quantitative estimate of drug-likeness (QED) is 0.332. The molecule has 0 bridgehead atoms. The Morgan fingerprint density at radius 1 is 1.28 bits per heavy atom. The lowest BCUT2D eigenvalue weighted by atomic mass is 10.1. The predicted molar refractivity (Wildman–Crippen MR) is 102 cm³/mol. The van der Waals surface area contributed by atoms with Gasteiger partial charge >= 0.3 is 6.61 Å². The molecule has 0 spiro atoms. The molecule has 0 unspecified atom stereocenters. The van der Waals surface area contributed by atoms with E-state index in [0.29, 0.717) is 0 Å². The summed E-state index contributed by atoms with van der Waals surface area (Å²) in [7, 11) is 1.20. The van der Waals surface area contributed by atoms with Crippen molar-refractivity contribution in [2.45, 2.75) is 6.61 Å². The average Bonchev–Trinajstić information content (AvgIpc) is 2.70. The van der Waals surface area contributed by atoms with Gasteiger partial charge in [-0.3, -0.25) is 14.9 Å². The fraction of sp³-hybridized carbons (Fsp3) is 0.150. The van der Waals surface area contributed by atoms with Crippen LogP contribution in [0, 0.1) is 22.0 Å². The zero-order chi connectivity index (χ0) is 21.2. The van der Waals surface area contributed by atoms with Crippen LogP contribution in [-0.2, 0) is 4.79 Å². The summed E-state index contributed by atoms with van der Waals surface area (Å²) in [6.45, 7) is -3.10. The molecule has 0 aliphatic heterocycles. The van der Waals surface area contributed by atoms with Gasteiger partial charge in [0, 0.05) is 11.6 Å². The zero-order valence-electron chi connectivity index (χ0n) is 15.2. The van der Waals surface area contributed by atoms with Crippen LogP contribution in [0.2, 0.25) is 0 Å². The first-order chi connectivity index (χ1) is 13.9. The van der Waals surface area contributed by atoms with Crippen LogP contribution >= 0.6 is 0 Å². The number of amides is 1. The van der Waals surface area contributed by atoms with Crippen molar-refractivity contribution in [1.82, 2.24) is 5.32 Å². The molecule has 2 rings (SSSR count). The molecule has 0 atom stereocenters. The number of carbonyl (C=O) groups excluding carboxylic acids is 1. The lowest BCUT2D eigenvalue weighted by Gasteiger charge is -2.10. The van der Waals surface area contributed by atoms with E-state index >= 15 is 0 Å². The van der Waals surface area contributed by atoms with E-state index < -0.39 is 28.9 Å². The number of hydrogen-bond donors (Lipinski definition) is 1. The molecule has 1 amide bonds. The topological polar surface area (TPSA) is 90.7 Å². The number of nitrogens with one attached hydrogen (secondary N) is 1. The molecular weight excluding hydrogens is 386 g/mol. The van der Waals surface area contributed by atoms with E-state index in [1.54, 1.807) is 0 Å². The maximum absolute atomic E-state index is 12.5. The Kier molecular flexibility index (Phi) is 7.68. The van der Waals surface area contributed by atoms with Gasteiger partial charge in [-0.2, -0.15) is 8.78 Å². The Labute approximate surface area is 165 Å². The summed E-state index contributed by atoms with van der Waals surface area (Å²) < 4.78 is 34.1. The van der Waals surface area contributed by atoms with Gasteiger partial charge in [-0.15, -0.1) is 0 Å². The standard InChI is InChI=1S/C20H16F2N2O5/c1-28-17-12-15(16(24(26)27)13-18(17)29-20(21)22)9-10-19(25)23-11-5-8-14-6-3-2-4-7-14/h2-4,6-7,9-10,12-13,20H,11H2,1H3,(H,23,25)/b10-9+. The Balaban J connectivity index is 2.10. The fourth-order valence-electron chi connectivity index (χ4n) is 2.23. The highest BCUT2D eigenvalue weighted by Crippen LogP contribution is 2.36. The van der Waals surface area contributed by atoms with Crippen LogP contribution in [0.4, 0.5) is 14.5 Å². The van der Waals surface area contributed by atoms with Crippen LogP contribution in [0.3, 0.4) is 0 Å². The highest BCUT2D eigenvalue weighted by Gasteiger charge is 2.20. The Morgan fingerprint density at radius 2 is 2.00 bits per heavy atom. The van der Waals surface area contributed by atoms with Crippen LogP contribution in [-0.4, -0.2) is 31.1 Å². The van der Waals surface area contributed by atoms with E-state index in [4.69, 9.17) is 4.74 Å². The summed E-state index contributed by atoms with van der Waals surface area (Å²) in [6, 6.07) is 11.1. The minimum absolute atomic E-state index is 0.0148. The number of nitrogens with zero attached hydrogens (tertiary/aromatic N) is 1. The highest BCUT2D eigenvalue weighted by molar-refractivity contribution is 5.92. The van der Waals surface area contributed by atoms with Crippen molar-refractivity contribution >= 4 is 17.7 Å². The lowest BCUT2D eigenvalue weighted by molar-refractivity contribution is -0.385. The first-order valence-electron chi connectivity index (χ1n) is 8.21. The number of alkyl halides is 2. The monoisotopic (exact) mass is 402 g/mol. The number of rotatable bonds is 7. The Hall–Kier alpha value is -3.93. The van der Waals surface area contributed by atoms with Gasteiger partial charge in [0.05, 0.1) is 30.2 Å². The first kappa shape index (κ1) is 21.4. The molecule has 0 radical (unpaired) electrons. The number of ether oxygens (including phenoxy) is 2. The molecule has 150 valence electrons. The van der Waals surface area contributed by atoms with E-state index in [0.717, 1.165) is 23.8 Å². The van der Waals surface area contributed by atoms with Crippen LogP contribution in [0.5, 0.6) is 11.5 Å². The van der Waals surface area contributed by atoms with Crippen LogP contribution < -0.4 is 14.8 Å². The SMILES string of the molecule is COc1cc(/C=C/C(=O)NCC#Cc2ccccc2)c([N+](=O)[O-])cc1OC(F)F. The Morgan fingerprint density at radius 3 is 2.62 bits per heavy atom. The zero-order valence-corrected chi connectivity index (χ0v) is 15.2. The molecule has 0 aliphatic carbocycles. The number of methoxy groups -OCH3 is 1. The fourth-order valence-corrected chi connectivity index (χ4v) is 2.23. The molecule has 0 aromatic heterocycles. The normalized spacial score (nSPS) is 10.3. The number of halogens is 2. The molecule has 2 aromatic carbocycles. The van der Waals surface area contributed by atoms with Gasteiger partial charge in [0.2, 0.25) is 5.91 Å². The van der Waals surface area contributed by atoms with Gasteiger partial charge in [0.15, 0.2) is 11.5 Å². The summed E-state index contributed by atoms with van der Waals surface area (Å²) >= 11 is 0. The van der Waals surface area contributed by atoms with Crippen LogP contribution in [0.1, 0.15) is 11.1 Å². The van der Waals surface area contributed by atoms with Crippen molar-refractivity contribution in [3.05, 3.63) is 69.8 Å². The smallest absolute Gasteiger partial charge is 0.387 e. The van der Waals surface area contributed by atoms with Gasteiger partial charge in [0.1, 0.15) is 0 Å². The number of nitro benzene ring substituents is 1. The van der Waals surface area contributed by atoms with Gasteiger partial charge in [-0.1, -0.05) is 30.0 Å². The summed E-state index contributed by atoms with van der Waals surface area (Å²) in [5.74, 6) is 4.49. The summed E-state index contributed by atoms with van der Waals surface area (Å²) in [5.41, 5.74) is 0.263. The van der Waals surface area contributed by atoms with Gasteiger partial charge in [0.25, 0.3) is 5.69 Å². The van der Waals surface area contributed by atoms with Gasteiger partial charge < -0.3 is 14.8 Å². The van der Waals surface area contributed by atoms with Crippen molar-refractivity contribution < 1.29 is 28.0 Å². The first-order valence-corrected chi connectivity index (χ1v) is 8.21. The highest BCUT2D eigenvalue weighted by atomic mass is 19.3. The predicted octanol–water partition coefficient (Wildman–Crippen LogP) is 3.39. The second-order valence-electron chi connectivity index (χ2n) is 5.42. The second kappa shape index (κ2) is 10.4. The molecule has 0 aliphatic rings. The third-order valence-corrected chi connectivity index (χ3v) is 3.50. The molecular formula is C20H16F2N2O5. The molecule has 0 saturated heterocycles. The summed E-state index contributed by atoms with van der Waals surface area (Å²) in [4.78, 5) is 22.3. The summed E-state index contributed by atoms with van der Waals surface area (Å²) in [5, 5.41) is 13.7. The number of benzene rings is 2. The van der Waals surface area contributed by atoms with E-state index in [1.165, 1.54) is 13.2 Å². The summed E-state index contributed by atoms with van der Waals surface area (Å²) in [6.07, 6.45) is 2.24. The van der Waals surface area contributed by atoms with Crippen LogP contribution in [0.25, 0.3) is 6.08 Å². The maximum atomic E-state index is 12.5. The number of nitro groups is 1. The molecule has 7 nitrogen and oxygen atoms in total. The maximum Gasteiger partial charge on any atom is 0.387 e. The number of carbonyl (C=O) groups is 1. The van der Waals surface area contributed by atoms with E-state index in [9.17, 15) is 23.7 Å². The van der Waals surface area contributed by atoms with E-state index in [1.807, 2.05) is 30.3 Å². The third kappa shape index (κ3) is 6.62. The molecule has 2 aromatic rings. The van der Waals surface area contributed by atoms with E-state index in [2.05, 4.69) is 21.9 Å². The van der Waals surface area contributed by atoms with Crippen molar-refractivity contribution in [2.24, 2.45) is 0 Å². The largest absolute Gasteiger partial charge is 0.493 e. The second-order valence-corrected chi connectivity index (χ2v) is 5.42. The minimum Gasteiger partial charge on any atom is -0.493 e. The molecule has 0 fully saturated rings. The minimum atomic E-state index is -3.17. The third-order valence-electron chi connectivity index (χ3n) is 3.50. The van der Waals surface area contributed by atoms with E-state index in [-0.39, 0.29) is 17.9 Å². The molecule has 29 heavy (non-hydrogen) atoms. The van der Waals surface area contributed by atoms with Crippen LogP contribution in [0.15, 0.2) is 48.5 Å². The van der Waals surface area contributed by atoms with Crippen molar-refractivity contribution in [3.63, 3.8) is 0 Å². The van der Waals surface area contributed by atoms with Crippen molar-refractivity contribution in [1.29, 1.82) is 0 Å². The molecule has 0 saturated carbocycles. The van der Waals surface area contributed by atoms with Gasteiger partial charge in [-0.05, 0) is 24.3 Å². The molecule has 0 heterocycles. The van der Waals surface area contributed by atoms with Gasteiger partial charge in [-0.25, -0.2) is 0 Å². The average molecular weight is 402 g/mol. The lowest BCUT2D eigenvalue weighted by Crippen LogP contribution is -2.20. The molecule has 1 N–H and O–H groups in total. The van der Waals surface area contributed by atoms with Crippen molar-refractivity contribution in [3.8, 4) is 23.3 Å². The van der Waals surface area contributed by atoms with Crippen molar-refractivity contribution in [2.75, 3.05) is 13.7 Å².